The number of unbranched alkanes of at least 4 members (excludes halogenated alkanes) is 44. The molecule has 0 N–H and O–H groups in total. The van der Waals surface area contributed by atoms with E-state index in [1.807, 2.05) is 21.1 Å². The molecular formula is C80H145NO8. The number of likely N-dealkylation sites (N-methyl/N-ethyl adjacent to an activating group) is 1. The number of carboxylic acid groups (broad SMARTS) is 1. The lowest BCUT2D eigenvalue weighted by Crippen LogP contribution is -2.44. The molecule has 0 rings (SSSR count). The lowest BCUT2D eigenvalue weighted by molar-refractivity contribution is -0.870. The maximum Gasteiger partial charge on any atom is 0.306 e. The van der Waals surface area contributed by atoms with Crippen molar-refractivity contribution in [1.29, 1.82) is 0 Å². The maximum atomic E-state index is 13.0. The lowest BCUT2D eigenvalue weighted by atomic mass is 10.0. The van der Waals surface area contributed by atoms with Crippen molar-refractivity contribution in [3.8, 4) is 0 Å². The number of carboxylic acids is 1. The number of hydrogen-bond acceptors (Lipinski definition) is 8. The molecule has 0 aromatic heterocycles. The van der Waals surface area contributed by atoms with Crippen molar-refractivity contribution < 1.29 is 42.9 Å². The minimum Gasteiger partial charge on any atom is -0.545 e. The lowest BCUT2D eigenvalue weighted by Gasteiger charge is -2.26. The summed E-state index contributed by atoms with van der Waals surface area (Å²) in [7, 11) is 5.94. The van der Waals surface area contributed by atoms with E-state index < -0.39 is 24.3 Å². The van der Waals surface area contributed by atoms with Crippen LogP contribution in [-0.4, -0.2) is 82.3 Å². The number of allylic oxidation sites excluding steroid dienone is 12. The minimum absolute atomic E-state index is 0.149. The molecule has 0 aromatic rings. The number of carbonyl (C=O) groups is 3. The molecule has 0 aliphatic carbocycles. The Bertz CT molecular complexity index is 1690. The van der Waals surface area contributed by atoms with Crippen molar-refractivity contribution in [2.75, 3.05) is 47.5 Å². The van der Waals surface area contributed by atoms with Crippen LogP contribution in [0.1, 0.15) is 361 Å². The molecule has 0 aliphatic heterocycles. The van der Waals surface area contributed by atoms with Crippen LogP contribution < -0.4 is 5.11 Å². The Morgan fingerprint density at radius 1 is 0.348 bits per heavy atom. The summed E-state index contributed by atoms with van der Waals surface area (Å²) < 4.78 is 22.9. The van der Waals surface area contributed by atoms with Gasteiger partial charge >= 0.3 is 11.9 Å². The zero-order valence-corrected chi connectivity index (χ0v) is 59.3. The number of quaternary nitrogens is 1. The molecule has 0 amide bonds. The smallest absolute Gasteiger partial charge is 0.306 e. The number of ether oxygens (including phenoxy) is 4. The van der Waals surface area contributed by atoms with Gasteiger partial charge in [0.15, 0.2) is 12.4 Å². The SMILES string of the molecule is CC/C=C\C/C=C\C/C=C\C/C=C\CCCCCCCCCCCCCCCCCCCCCCC(=O)OC(COC(=O)CCCCCCCCCCCCCCCCCCCCC/C=C\C/C=C\CCCCCCC)COC(OCC[N+](C)(C)C)C(=O)[O-]. The van der Waals surface area contributed by atoms with Crippen molar-refractivity contribution >= 4 is 17.9 Å². The normalized spacial score (nSPS) is 13.0. The van der Waals surface area contributed by atoms with Crippen molar-refractivity contribution in [3.05, 3.63) is 72.9 Å². The third kappa shape index (κ3) is 72.0. The monoisotopic (exact) mass is 1250 g/mol. The predicted molar refractivity (Wildman–Crippen MR) is 380 cm³/mol. The summed E-state index contributed by atoms with van der Waals surface area (Å²) in [6.07, 6.45) is 91.5. The van der Waals surface area contributed by atoms with Crippen LogP contribution in [0.3, 0.4) is 0 Å². The van der Waals surface area contributed by atoms with Crippen molar-refractivity contribution in [3.63, 3.8) is 0 Å². The number of rotatable bonds is 71. The van der Waals surface area contributed by atoms with Gasteiger partial charge in [-0.25, -0.2) is 0 Å². The Balaban J connectivity index is 4.02. The van der Waals surface area contributed by atoms with E-state index in [1.165, 1.54) is 263 Å². The van der Waals surface area contributed by atoms with Gasteiger partial charge in [-0.15, -0.1) is 0 Å². The van der Waals surface area contributed by atoms with E-state index in [4.69, 9.17) is 18.9 Å². The molecule has 0 radical (unpaired) electrons. The average Bonchev–Trinajstić information content (AvgIpc) is 3.64. The first-order valence-electron chi connectivity index (χ1n) is 38.1. The van der Waals surface area contributed by atoms with Gasteiger partial charge in [-0.05, 0) is 83.5 Å². The Morgan fingerprint density at radius 3 is 0.955 bits per heavy atom. The molecule has 89 heavy (non-hydrogen) atoms. The van der Waals surface area contributed by atoms with Crippen molar-refractivity contribution in [1.82, 2.24) is 0 Å². The zero-order chi connectivity index (χ0) is 64.7. The molecule has 9 nitrogen and oxygen atoms in total. The first-order valence-corrected chi connectivity index (χ1v) is 38.1. The van der Waals surface area contributed by atoms with Gasteiger partial charge in [0.25, 0.3) is 0 Å². The molecule has 0 aromatic carbocycles. The number of hydrogen-bond donors (Lipinski definition) is 0. The molecule has 518 valence electrons. The second-order valence-electron chi connectivity index (χ2n) is 26.9. The summed E-state index contributed by atoms with van der Waals surface area (Å²) in [4.78, 5) is 37.6. The van der Waals surface area contributed by atoms with E-state index in [9.17, 15) is 19.5 Å². The van der Waals surface area contributed by atoms with E-state index in [2.05, 4.69) is 86.8 Å². The van der Waals surface area contributed by atoms with Gasteiger partial charge in [0.05, 0.1) is 40.3 Å². The summed E-state index contributed by atoms with van der Waals surface area (Å²) in [5.74, 6) is -2.26. The largest absolute Gasteiger partial charge is 0.545 e. The number of aliphatic carboxylic acids is 1. The van der Waals surface area contributed by atoms with Gasteiger partial charge < -0.3 is 33.3 Å². The maximum absolute atomic E-state index is 13.0. The first kappa shape index (κ1) is 85.7. The Morgan fingerprint density at radius 2 is 0.640 bits per heavy atom. The van der Waals surface area contributed by atoms with Crippen LogP contribution >= 0.6 is 0 Å². The summed E-state index contributed by atoms with van der Waals surface area (Å²) in [5.41, 5.74) is 0. The standard InChI is InChI=1S/C80H145NO8/c1-6-8-10-12-14-16-18-20-22-24-26-28-30-32-34-36-38-39-41-43-45-47-49-51-53-55-57-59-61-63-65-67-69-71-78(83)89-76(75-88-80(79(84)85)86-73-72-81(3,4)5)74-87-77(82)70-68-66-64-62-60-58-56-54-52-50-48-46-44-42-40-37-35-33-31-29-27-25-23-21-19-17-15-13-11-9-7-2/h8,10,14,16,19-22,25-28,76,80H,6-7,9,11-13,15,17-18,23-24,29-75H2,1-5H3/b10-8-,16-14-,21-19-,22-20-,27-25-,28-26-. The quantitative estimate of drug-likeness (QED) is 0.0195. The highest BCUT2D eigenvalue weighted by atomic mass is 16.7. The second kappa shape index (κ2) is 70.6. The predicted octanol–water partition coefficient (Wildman–Crippen LogP) is 22.7. The van der Waals surface area contributed by atoms with Crippen LogP contribution in [0, 0.1) is 0 Å². The van der Waals surface area contributed by atoms with E-state index in [0.717, 1.165) is 64.2 Å². The summed E-state index contributed by atoms with van der Waals surface area (Å²) in [6, 6.07) is 0. The highest BCUT2D eigenvalue weighted by Gasteiger charge is 2.22. The molecule has 0 bridgehead atoms. The highest BCUT2D eigenvalue weighted by Crippen LogP contribution is 2.19. The first-order chi connectivity index (χ1) is 43.6. The Hall–Kier alpha value is -3.27. The fraction of sp³-hybridized carbons (Fsp3) is 0.812. The Kier molecular flexibility index (Phi) is 68.0. The molecule has 0 spiro atoms. The molecule has 2 unspecified atom stereocenters. The number of nitrogens with zero attached hydrogens (tertiary/aromatic N) is 1. The van der Waals surface area contributed by atoms with Crippen LogP contribution in [0.15, 0.2) is 72.9 Å². The molecule has 0 fully saturated rings. The second-order valence-corrected chi connectivity index (χ2v) is 26.9. The highest BCUT2D eigenvalue weighted by molar-refractivity contribution is 5.70. The Labute approximate surface area is 551 Å². The van der Waals surface area contributed by atoms with Gasteiger partial charge in [0.2, 0.25) is 0 Å². The number of carbonyl (C=O) groups excluding carboxylic acids is 3. The molecular weight excluding hydrogens is 1100 g/mol. The topological polar surface area (TPSA) is 111 Å². The molecule has 0 saturated heterocycles. The van der Waals surface area contributed by atoms with Gasteiger partial charge in [0, 0.05) is 12.8 Å². The fourth-order valence-electron chi connectivity index (χ4n) is 11.2. The average molecular weight is 1250 g/mol. The van der Waals surface area contributed by atoms with E-state index in [1.54, 1.807) is 0 Å². The van der Waals surface area contributed by atoms with Gasteiger partial charge in [-0.2, -0.15) is 0 Å². The van der Waals surface area contributed by atoms with E-state index in [0.29, 0.717) is 23.9 Å². The van der Waals surface area contributed by atoms with Gasteiger partial charge in [0.1, 0.15) is 13.2 Å². The summed E-state index contributed by atoms with van der Waals surface area (Å²) in [5, 5.41) is 11.8. The van der Waals surface area contributed by atoms with E-state index >= 15 is 0 Å². The van der Waals surface area contributed by atoms with Crippen molar-refractivity contribution in [2.45, 2.75) is 373 Å². The van der Waals surface area contributed by atoms with Crippen LogP contribution in [-0.2, 0) is 33.3 Å². The molecule has 0 heterocycles. The van der Waals surface area contributed by atoms with Crippen molar-refractivity contribution in [2.24, 2.45) is 0 Å². The number of esters is 2. The van der Waals surface area contributed by atoms with Crippen LogP contribution in [0.25, 0.3) is 0 Å². The van der Waals surface area contributed by atoms with Crippen LogP contribution in [0.5, 0.6) is 0 Å². The molecule has 2 atom stereocenters. The van der Waals surface area contributed by atoms with Gasteiger partial charge in [-0.3, -0.25) is 9.59 Å². The van der Waals surface area contributed by atoms with Crippen LogP contribution in [0.4, 0.5) is 0 Å². The third-order valence-electron chi connectivity index (χ3n) is 16.9. The van der Waals surface area contributed by atoms with E-state index in [-0.39, 0.29) is 32.2 Å². The fourth-order valence-corrected chi connectivity index (χ4v) is 11.2. The molecule has 0 aliphatic rings. The summed E-state index contributed by atoms with van der Waals surface area (Å²) >= 11 is 0. The third-order valence-corrected chi connectivity index (χ3v) is 16.9. The van der Waals surface area contributed by atoms with Crippen LogP contribution in [0.2, 0.25) is 0 Å². The minimum atomic E-state index is -1.62. The molecule has 0 saturated carbocycles. The zero-order valence-electron chi connectivity index (χ0n) is 59.3. The molecule has 9 heteroatoms. The summed E-state index contributed by atoms with van der Waals surface area (Å²) in [6.45, 7) is 4.68. The van der Waals surface area contributed by atoms with Gasteiger partial charge in [-0.1, -0.05) is 337 Å².